The summed E-state index contributed by atoms with van der Waals surface area (Å²) in [6.45, 7) is 0.158. The first-order chi connectivity index (χ1) is 9.21. The maximum absolute atomic E-state index is 12.3. The summed E-state index contributed by atoms with van der Waals surface area (Å²) in [6.07, 6.45) is -2.63. The number of hydrogen-bond donors (Lipinski definition) is 1. The molecule has 2 rings (SSSR count). The SMILES string of the molecule is CN(CC(F)(F)F)C(=O)N1CCC2(CC1)CNC(=O)C2. The molecular weight excluding hydrogens is 275 g/mol. The van der Waals surface area contributed by atoms with Crippen molar-refractivity contribution in [3.8, 4) is 0 Å². The van der Waals surface area contributed by atoms with E-state index in [1.165, 1.54) is 4.90 Å². The van der Waals surface area contributed by atoms with Gasteiger partial charge in [0, 0.05) is 33.1 Å². The maximum atomic E-state index is 12.3. The largest absolute Gasteiger partial charge is 0.406 e. The van der Waals surface area contributed by atoms with E-state index in [0.717, 1.165) is 7.05 Å². The van der Waals surface area contributed by atoms with Crippen LogP contribution >= 0.6 is 0 Å². The van der Waals surface area contributed by atoms with Crippen LogP contribution in [0.15, 0.2) is 0 Å². The lowest BCUT2D eigenvalue weighted by Gasteiger charge is -2.39. The maximum Gasteiger partial charge on any atom is 0.406 e. The zero-order valence-corrected chi connectivity index (χ0v) is 11.3. The Kier molecular flexibility index (Phi) is 3.84. The van der Waals surface area contributed by atoms with E-state index >= 15 is 0 Å². The first kappa shape index (κ1) is 14.9. The number of piperidine rings is 1. The molecule has 3 amide bonds. The van der Waals surface area contributed by atoms with Crippen molar-refractivity contribution in [1.82, 2.24) is 15.1 Å². The average molecular weight is 293 g/mol. The van der Waals surface area contributed by atoms with Crippen LogP contribution in [0, 0.1) is 5.41 Å². The Bertz CT molecular complexity index is 403. The molecule has 0 aliphatic carbocycles. The minimum Gasteiger partial charge on any atom is -0.356 e. The highest BCUT2D eigenvalue weighted by Gasteiger charge is 2.42. The fraction of sp³-hybridized carbons (Fsp3) is 0.833. The number of alkyl halides is 3. The molecule has 2 fully saturated rings. The Morgan fingerprint density at radius 1 is 1.40 bits per heavy atom. The van der Waals surface area contributed by atoms with Gasteiger partial charge in [0.1, 0.15) is 6.54 Å². The predicted molar refractivity (Wildman–Crippen MR) is 64.9 cm³/mol. The van der Waals surface area contributed by atoms with E-state index in [-0.39, 0.29) is 11.3 Å². The summed E-state index contributed by atoms with van der Waals surface area (Å²) >= 11 is 0. The van der Waals surface area contributed by atoms with Gasteiger partial charge < -0.3 is 15.1 Å². The van der Waals surface area contributed by atoms with Crippen molar-refractivity contribution in [2.24, 2.45) is 5.41 Å². The molecule has 20 heavy (non-hydrogen) atoms. The number of urea groups is 1. The van der Waals surface area contributed by atoms with Crippen LogP contribution in [0.5, 0.6) is 0 Å². The van der Waals surface area contributed by atoms with Crippen molar-refractivity contribution in [3.63, 3.8) is 0 Å². The fourth-order valence-corrected chi connectivity index (χ4v) is 2.86. The quantitative estimate of drug-likeness (QED) is 0.790. The second-order valence-corrected chi connectivity index (χ2v) is 5.69. The van der Waals surface area contributed by atoms with Gasteiger partial charge >= 0.3 is 12.2 Å². The molecule has 0 unspecified atom stereocenters. The highest BCUT2D eigenvalue weighted by Crippen LogP contribution is 2.37. The Hall–Kier alpha value is -1.47. The normalized spacial score (nSPS) is 22.0. The summed E-state index contributed by atoms with van der Waals surface area (Å²) in [7, 11) is 1.15. The average Bonchev–Trinajstić information content (AvgIpc) is 2.69. The van der Waals surface area contributed by atoms with Crippen LogP contribution < -0.4 is 5.32 Å². The lowest BCUT2D eigenvalue weighted by atomic mass is 9.78. The Labute approximate surface area is 115 Å². The summed E-state index contributed by atoms with van der Waals surface area (Å²) < 4.78 is 36.8. The summed E-state index contributed by atoms with van der Waals surface area (Å²) in [6, 6.07) is -0.602. The molecule has 1 N–H and O–H groups in total. The Morgan fingerprint density at radius 3 is 2.45 bits per heavy atom. The lowest BCUT2D eigenvalue weighted by Crippen LogP contribution is -2.50. The smallest absolute Gasteiger partial charge is 0.356 e. The topological polar surface area (TPSA) is 52.7 Å². The number of nitrogens with one attached hydrogen (secondary N) is 1. The lowest BCUT2D eigenvalue weighted by molar-refractivity contribution is -0.139. The second kappa shape index (κ2) is 5.14. The molecule has 0 aromatic carbocycles. The van der Waals surface area contributed by atoms with Gasteiger partial charge in [0.05, 0.1) is 0 Å². The van der Waals surface area contributed by atoms with Crippen molar-refractivity contribution >= 4 is 11.9 Å². The van der Waals surface area contributed by atoms with E-state index < -0.39 is 18.8 Å². The van der Waals surface area contributed by atoms with Gasteiger partial charge in [-0.3, -0.25) is 4.79 Å². The first-order valence-electron chi connectivity index (χ1n) is 6.54. The Morgan fingerprint density at radius 2 is 2.00 bits per heavy atom. The number of rotatable bonds is 1. The van der Waals surface area contributed by atoms with Crippen molar-refractivity contribution in [1.29, 1.82) is 0 Å². The number of nitrogens with zero attached hydrogens (tertiary/aromatic N) is 2. The van der Waals surface area contributed by atoms with Crippen molar-refractivity contribution in [2.45, 2.75) is 25.4 Å². The molecule has 2 heterocycles. The van der Waals surface area contributed by atoms with Crippen LogP contribution in [0.2, 0.25) is 0 Å². The third-order valence-electron chi connectivity index (χ3n) is 4.03. The van der Waals surface area contributed by atoms with E-state index in [0.29, 0.717) is 43.8 Å². The number of amides is 3. The van der Waals surface area contributed by atoms with E-state index in [4.69, 9.17) is 0 Å². The summed E-state index contributed by atoms with van der Waals surface area (Å²) in [5, 5.41) is 2.78. The van der Waals surface area contributed by atoms with E-state index in [1.54, 1.807) is 0 Å². The molecule has 0 bridgehead atoms. The van der Waals surface area contributed by atoms with Crippen LogP contribution in [0.3, 0.4) is 0 Å². The standard InChI is InChI=1S/C12H18F3N3O2/c1-17(8-12(13,14)15)10(20)18-4-2-11(3-5-18)6-9(19)16-7-11/h2-8H2,1H3,(H,16,19). The van der Waals surface area contributed by atoms with Crippen LogP contribution in [0.4, 0.5) is 18.0 Å². The summed E-state index contributed by atoms with van der Waals surface area (Å²) in [5.74, 6) is 0.0129. The van der Waals surface area contributed by atoms with Crippen LogP contribution in [0.25, 0.3) is 0 Å². The molecule has 0 atom stereocenters. The van der Waals surface area contributed by atoms with Gasteiger partial charge in [0.15, 0.2) is 0 Å². The highest BCUT2D eigenvalue weighted by atomic mass is 19.4. The van der Waals surface area contributed by atoms with Gasteiger partial charge in [-0.05, 0) is 18.3 Å². The first-order valence-corrected chi connectivity index (χ1v) is 6.54. The number of carbonyl (C=O) groups excluding carboxylic acids is 2. The highest BCUT2D eigenvalue weighted by molar-refractivity contribution is 5.79. The molecule has 2 aliphatic rings. The van der Waals surface area contributed by atoms with Gasteiger partial charge in [-0.15, -0.1) is 0 Å². The molecular formula is C12H18F3N3O2. The molecule has 2 aliphatic heterocycles. The third-order valence-corrected chi connectivity index (χ3v) is 4.03. The molecule has 0 aromatic heterocycles. The Balaban J connectivity index is 1.87. The minimum atomic E-state index is -4.39. The third kappa shape index (κ3) is 3.34. The molecule has 0 saturated carbocycles. The van der Waals surface area contributed by atoms with E-state index in [9.17, 15) is 22.8 Å². The van der Waals surface area contributed by atoms with Crippen LogP contribution in [-0.4, -0.2) is 61.1 Å². The van der Waals surface area contributed by atoms with Gasteiger partial charge in [-0.2, -0.15) is 13.2 Å². The fourth-order valence-electron chi connectivity index (χ4n) is 2.86. The molecule has 0 aromatic rings. The van der Waals surface area contributed by atoms with Gasteiger partial charge in [0.25, 0.3) is 0 Å². The minimum absolute atomic E-state index is 0.0129. The zero-order valence-electron chi connectivity index (χ0n) is 11.3. The number of halogens is 3. The van der Waals surface area contributed by atoms with Crippen LogP contribution in [-0.2, 0) is 4.79 Å². The molecule has 5 nitrogen and oxygen atoms in total. The second-order valence-electron chi connectivity index (χ2n) is 5.69. The van der Waals surface area contributed by atoms with E-state index in [1.807, 2.05) is 0 Å². The number of carbonyl (C=O) groups is 2. The van der Waals surface area contributed by atoms with Crippen molar-refractivity contribution in [2.75, 3.05) is 33.2 Å². The monoisotopic (exact) mass is 293 g/mol. The van der Waals surface area contributed by atoms with Gasteiger partial charge in [0.2, 0.25) is 5.91 Å². The number of likely N-dealkylation sites (tertiary alicyclic amines) is 1. The summed E-state index contributed by atoms with van der Waals surface area (Å²) in [5.41, 5.74) is -0.115. The molecule has 2 saturated heterocycles. The van der Waals surface area contributed by atoms with Crippen LogP contribution in [0.1, 0.15) is 19.3 Å². The summed E-state index contributed by atoms with van der Waals surface area (Å²) in [4.78, 5) is 25.3. The molecule has 114 valence electrons. The molecule has 8 heteroatoms. The van der Waals surface area contributed by atoms with Crippen molar-refractivity contribution < 1.29 is 22.8 Å². The van der Waals surface area contributed by atoms with E-state index in [2.05, 4.69) is 5.32 Å². The predicted octanol–water partition coefficient (Wildman–Crippen LogP) is 1.20. The van der Waals surface area contributed by atoms with Gasteiger partial charge in [-0.1, -0.05) is 0 Å². The number of hydrogen-bond acceptors (Lipinski definition) is 2. The molecule has 1 spiro atoms. The molecule has 0 radical (unpaired) electrons. The van der Waals surface area contributed by atoms with Gasteiger partial charge in [-0.25, -0.2) is 4.79 Å². The zero-order chi connectivity index (χ0) is 15.0. The van der Waals surface area contributed by atoms with Crippen molar-refractivity contribution in [3.05, 3.63) is 0 Å².